The van der Waals surface area contributed by atoms with Gasteiger partial charge in [0.05, 0.1) is 6.10 Å². The number of esters is 1. The maximum absolute atomic E-state index is 12.9. The van der Waals surface area contributed by atoms with Gasteiger partial charge in [-0.1, -0.05) is 0 Å². The van der Waals surface area contributed by atoms with E-state index in [1.807, 2.05) is 0 Å². The van der Waals surface area contributed by atoms with E-state index in [0.717, 1.165) is 37.3 Å². The fourth-order valence-corrected chi connectivity index (χ4v) is 5.14. The predicted molar refractivity (Wildman–Crippen MR) is 149 cm³/mol. The van der Waals surface area contributed by atoms with Crippen LogP contribution in [0.1, 0.15) is 13.8 Å². The maximum atomic E-state index is 12.9. The van der Waals surface area contributed by atoms with Crippen molar-refractivity contribution in [2.75, 3.05) is 0 Å². The molecule has 0 aliphatic carbocycles. The molecule has 0 radical (unpaired) electrons. The first-order valence-corrected chi connectivity index (χ1v) is 13.7. The van der Waals surface area contributed by atoms with Crippen molar-refractivity contribution in [1.29, 1.82) is 0 Å². The molecule has 8 N–H and O–H groups in total. The van der Waals surface area contributed by atoms with E-state index in [0.29, 0.717) is 0 Å². The molecule has 0 spiro atoms. The minimum absolute atomic E-state index is 0.0777. The number of carboxylic acid groups (broad SMARTS) is 1. The minimum Gasteiger partial charge on any atom is -0.507 e. The zero-order valence-corrected chi connectivity index (χ0v) is 24.0. The third-order valence-corrected chi connectivity index (χ3v) is 7.46. The average Bonchev–Trinajstić information content (AvgIpc) is 2.98. The smallest absolute Gasteiger partial charge is 0.335 e. The number of phenols is 3. The highest BCUT2D eigenvalue weighted by Crippen LogP contribution is 2.36. The molecule has 10 unspecified atom stereocenters. The van der Waals surface area contributed by atoms with Gasteiger partial charge >= 0.3 is 11.9 Å². The Hall–Kier alpha value is -4.49. The number of aliphatic hydroxyl groups is 4. The van der Waals surface area contributed by atoms with Crippen LogP contribution in [-0.2, 0) is 28.5 Å². The van der Waals surface area contributed by atoms with Crippen LogP contribution in [0.5, 0.6) is 23.0 Å². The zero-order chi connectivity index (χ0) is 33.6. The predicted octanol–water partition coefficient (Wildman–Crippen LogP) is -0.730. The third kappa shape index (κ3) is 6.29. The van der Waals surface area contributed by atoms with Gasteiger partial charge in [0.25, 0.3) is 0 Å². The summed E-state index contributed by atoms with van der Waals surface area (Å²) in [6.45, 7) is 2.42. The summed E-state index contributed by atoms with van der Waals surface area (Å²) in [6, 6.07) is 6.75. The van der Waals surface area contributed by atoms with E-state index in [-0.39, 0.29) is 28.0 Å². The van der Waals surface area contributed by atoms with E-state index in [1.54, 1.807) is 0 Å². The maximum Gasteiger partial charge on any atom is 0.335 e. The molecule has 17 nitrogen and oxygen atoms in total. The van der Waals surface area contributed by atoms with Crippen molar-refractivity contribution in [2.24, 2.45) is 0 Å². The molecule has 2 aromatic carbocycles. The van der Waals surface area contributed by atoms with Crippen LogP contribution in [0, 0.1) is 0 Å². The minimum atomic E-state index is -2.08. The van der Waals surface area contributed by atoms with Gasteiger partial charge in [-0.05, 0) is 25.1 Å². The molecule has 0 saturated carbocycles. The number of hydrogen-bond acceptors (Lipinski definition) is 16. The fourth-order valence-electron chi connectivity index (χ4n) is 5.14. The van der Waals surface area contributed by atoms with E-state index >= 15 is 0 Å². The number of aromatic hydroxyl groups is 3. The lowest BCUT2D eigenvalue weighted by atomic mass is 9.97. The first-order chi connectivity index (χ1) is 21.7. The van der Waals surface area contributed by atoms with E-state index in [9.17, 15) is 55.2 Å². The van der Waals surface area contributed by atoms with Crippen molar-refractivity contribution in [3.8, 4) is 34.3 Å². The third-order valence-electron chi connectivity index (χ3n) is 7.46. The summed E-state index contributed by atoms with van der Waals surface area (Å²) in [5.41, 5.74) is -0.760. The molecule has 0 amide bonds. The molecule has 2 aliphatic heterocycles. The first-order valence-electron chi connectivity index (χ1n) is 13.7. The Morgan fingerprint density at radius 1 is 0.804 bits per heavy atom. The van der Waals surface area contributed by atoms with Crippen molar-refractivity contribution in [1.82, 2.24) is 0 Å². The van der Waals surface area contributed by atoms with Crippen molar-refractivity contribution in [3.63, 3.8) is 0 Å². The Labute approximate surface area is 257 Å². The number of hydrogen-bond donors (Lipinski definition) is 8. The van der Waals surface area contributed by atoms with Gasteiger partial charge in [-0.3, -0.25) is 9.59 Å². The van der Waals surface area contributed by atoms with Gasteiger partial charge in [0.2, 0.25) is 6.29 Å². The largest absolute Gasteiger partial charge is 0.507 e. The molecule has 0 bridgehead atoms. The van der Waals surface area contributed by atoms with E-state index in [1.165, 1.54) is 13.0 Å². The van der Waals surface area contributed by atoms with Crippen molar-refractivity contribution in [2.45, 2.75) is 75.3 Å². The van der Waals surface area contributed by atoms with Crippen LogP contribution in [0.15, 0.2) is 45.6 Å². The Bertz CT molecular complexity index is 1690. The van der Waals surface area contributed by atoms with Crippen LogP contribution in [0.4, 0.5) is 0 Å². The number of phenolic OH excluding ortho intramolecular Hbond substituents is 3. The number of benzene rings is 2. The van der Waals surface area contributed by atoms with Crippen molar-refractivity contribution in [3.05, 3.63) is 46.6 Å². The monoisotopic (exact) mass is 650 g/mol. The Morgan fingerprint density at radius 2 is 1.52 bits per heavy atom. The fraction of sp³-hybridized carbons (Fsp3) is 0.414. The standard InChI is InChI=1S/C29H30O17/c1-9-20(35)24(42-10(2)30)23(38)28(41-9)46-26-22(37)21(36)25(27(39)40)45-29(26)43-12-6-15(33)19-16(34)8-17(44-18(19)7-12)11-3-4-13(31)14(32)5-11/h3-9,20-26,28-29,31-33,35-38H,1-2H3,(H,39,40). The van der Waals surface area contributed by atoms with Gasteiger partial charge in [-0.25, -0.2) is 4.79 Å². The second kappa shape index (κ2) is 12.7. The van der Waals surface area contributed by atoms with E-state index in [4.69, 9.17) is 28.1 Å². The summed E-state index contributed by atoms with van der Waals surface area (Å²) in [4.78, 5) is 36.2. The van der Waals surface area contributed by atoms with E-state index in [2.05, 4.69) is 0 Å². The second-order valence-electron chi connectivity index (χ2n) is 10.7. The van der Waals surface area contributed by atoms with Gasteiger partial charge in [-0.15, -0.1) is 0 Å². The highest BCUT2D eigenvalue weighted by molar-refractivity contribution is 5.86. The molecule has 5 rings (SSSR count). The number of rotatable bonds is 7. The van der Waals surface area contributed by atoms with Gasteiger partial charge in [0, 0.05) is 30.7 Å². The molecular weight excluding hydrogens is 620 g/mol. The quantitative estimate of drug-likeness (QED) is 0.116. The molecule has 3 heterocycles. The number of fused-ring (bicyclic) bond motifs is 1. The van der Waals surface area contributed by atoms with Crippen LogP contribution >= 0.6 is 0 Å². The Morgan fingerprint density at radius 3 is 2.17 bits per heavy atom. The molecule has 2 saturated heterocycles. The summed E-state index contributed by atoms with van der Waals surface area (Å²) < 4.78 is 33.1. The first kappa shape index (κ1) is 32.9. The van der Waals surface area contributed by atoms with Crippen LogP contribution in [0.2, 0.25) is 0 Å². The van der Waals surface area contributed by atoms with Gasteiger partial charge in [-0.2, -0.15) is 0 Å². The average molecular weight is 651 g/mol. The molecule has 46 heavy (non-hydrogen) atoms. The number of aliphatic carboxylic acids is 1. The SMILES string of the molecule is CC(=O)OC1C(O)C(C)OC(OC2C(Oc3cc(O)c4c(=O)cc(-c5ccc(O)c(O)c5)oc4c3)OC(C(=O)O)C(O)C2O)C1O. The molecular formula is C29H30O17. The van der Waals surface area contributed by atoms with Gasteiger partial charge in [0.15, 0.2) is 41.5 Å². The molecule has 1 aromatic heterocycles. The lowest BCUT2D eigenvalue weighted by Gasteiger charge is -2.45. The summed E-state index contributed by atoms with van der Waals surface area (Å²) >= 11 is 0. The summed E-state index contributed by atoms with van der Waals surface area (Å²) in [7, 11) is 0. The highest BCUT2D eigenvalue weighted by atomic mass is 16.8. The second-order valence-corrected chi connectivity index (χ2v) is 10.7. The number of carbonyl (C=O) groups is 2. The van der Waals surface area contributed by atoms with Crippen molar-refractivity contribution >= 4 is 22.9 Å². The normalized spacial score (nSPS) is 31.3. The summed E-state index contributed by atoms with van der Waals surface area (Å²) in [5, 5.41) is 82.0. The zero-order valence-electron chi connectivity index (χ0n) is 24.0. The molecule has 2 fully saturated rings. The molecule has 10 atom stereocenters. The molecule has 17 heteroatoms. The molecule has 2 aliphatic rings. The van der Waals surface area contributed by atoms with Gasteiger partial charge in [0.1, 0.15) is 52.6 Å². The van der Waals surface area contributed by atoms with Crippen LogP contribution in [0.3, 0.4) is 0 Å². The topological polar surface area (TPSA) is 272 Å². The summed E-state index contributed by atoms with van der Waals surface area (Å²) in [6.07, 6.45) is -17.6. The number of ether oxygens (including phenoxy) is 5. The number of carbonyl (C=O) groups excluding carboxylic acids is 1. The van der Waals surface area contributed by atoms with Crippen LogP contribution in [0.25, 0.3) is 22.3 Å². The molecule has 248 valence electrons. The van der Waals surface area contributed by atoms with Crippen LogP contribution in [-0.4, -0.2) is 114 Å². The summed E-state index contributed by atoms with van der Waals surface area (Å²) in [5.74, 6) is -4.47. The number of aliphatic hydroxyl groups excluding tert-OH is 4. The molecule has 3 aromatic rings. The lowest BCUT2D eigenvalue weighted by molar-refractivity contribution is -0.351. The lowest BCUT2D eigenvalue weighted by Crippen LogP contribution is -2.65. The van der Waals surface area contributed by atoms with Gasteiger partial charge < -0.3 is 69.0 Å². The highest BCUT2D eigenvalue weighted by Gasteiger charge is 2.53. The Kier molecular flexibility index (Phi) is 9.09. The van der Waals surface area contributed by atoms with Crippen molar-refractivity contribution < 1.29 is 78.5 Å². The van der Waals surface area contributed by atoms with Crippen LogP contribution < -0.4 is 10.2 Å². The van der Waals surface area contributed by atoms with E-state index < -0.39 is 96.0 Å². The number of carboxylic acids is 1. The Balaban J connectivity index is 1.50.